The van der Waals surface area contributed by atoms with E-state index in [-0.39, 0.29) is 12.1 Å². The monoisotopic (exact) mass is 183 g/mol. The Morgan fingerprint density at radius 1 is 1.85 bits per heavy atom. The Morgan fingerprint density at radius 2 is 2.62 bits per heavy atom. The maximum Gasteiger partial charge on any atom is 0.330 e. The van der Waals surface area contributed by atoms with E-state index in [4.69, 9.17) is 4.74 Å². The van der Waals surface area contributed by atoms with E-state index in [1.54, 1.807) is 0 Å². The van der Waals surface area contributed by atoms with Gasteiger partial charge >= 0.3 is 5.97 Å². The van der Waals surface area contributed by atoms with Gasteiger partial charge in [0.1, 0.15) is 6.10 Å². The molecule has 0 amide bonds. The molecule has 1 aliphatic rings. The van der Waals surface area contributed by atoms with Gasteiger partial charge in [0.05, 0.1) is 0 Å². The summed E-state index contributed by atoms with van der Waals surface area (Å²) in [6, 6.07) is 0.521. The van der Waals surface area contributed by atoms with Crippen LogP contribution in [0.15, 0.2) is 12.7 Å². The lowest BCUT2D eigenvalue weighted by atomic mass is 10.1. The Kier molecular flexibility index (Phi) is 3.96. The molecular formula is C10H17NO2. The minimum absolute atomic E-state index is 0.0129. The van der Waals surface area contributed by atoms with Crippen molar-refractivity contribution < 1.29 is 9.53 Å². The van der Waals surface area contributed by atoms with Crippen molar-refractivity contribution in [3.05, 3.63) is 12.7 Å². The van der Waals surface area contributed by atoms with E-state index in [9.17, 15) is 4.79 Å². The maximum absolute atomic E-state index is 10.8. The molecule has 0 bridgehead atoms. The lowest BCUT2D eigenvalue weighted by molar-refractivity contribution is -0.142. The zero-order valence-corrected chi connectivity index (χ0v) is 8.08. The summed E-state index contributed by atoms with van der Waals surface area (Å²) < 4.78 is 5.06. The van der Waals surface area contributed by atoms with Gasteiger partial charge in [-0.3, -0.25) is 0 Å². The number of nitrogens with one attached hydrogen (secondary N) is 1. The Labute approximate surface area is 79.2 Å². The molecule has 3 nitrogen and oxygen atoms in total. The summed E-state index contributed by atoms with van der Waals surface area (Å²) in [6.45, 7) is 6.36. The predicted octanol–water partition coefficient (Wildman–Crippen LogP) is 1.25. The normalized spacial score (nSPS) is 23.9. The SMILES string of the molecule is C=CC(=O)OC(C)CC1CCCN1. The third-order valence-electron chi connectivity index (χ3n) is 2.26. The van der Waals surface area contributed by atoms with E-state index >= 15 is 0 Å². The fourth-order valence-corrected chi connectivity index (χ4v) is 1.65. The number of hydrogen-bond donors (Lipinski definition) is 1. The number of hydrogen-bond acceptors (Lipinski definition) is 3. The van der Waals surface area contributed by atoms with Gasteiger partial charge in [-0.1, -0.05) is 6.58 Å². The van der Waals surface area contributed by atoms with Crippen LogP contribution in [0, 0.1) is 0 Å². The summed E-state index contributed by atoms with van der Waals surface area (Å²) in [6.07, 6.45) is 4.52. The van der Waals surface area contributed by atoms with E-state index < -0.39 is 0 Å². The molecule has 2 atom stereocenters. The first-order chi connectivity index (χ1) is 6.22. The van der Waals surface area contributed by atoms with Crippen molar-refractivity contribution in [1.29, 1.82) is 0 Å². The van der Waals surface area contributed by atoms with E-state index in [1.165, 1.54) is 18.9 Å². The number of esters is 1. The summed E-state index contributed by atoms with van der Waals surface area (Å²) in [7, 11) is 0. The standard InChI is InChI=1S/C10H17NO2/c1-3-10(12)13-8(2)7-9-5-4-6-11-9/h3,8-9,11H,1,4-7H2,2H3. The molecule has 13 heavy (non-hydrogen) atoms. The molecular weight excluding hydrogens is 166 g/mol. The van der Waals surface area contributed by atoms with E-state index in [0.717, 1.165) is 13.0 Å². The van der Waals surface area contributed by atoms with Crippen molar-refractivity contribution in [3.63, 3.8) is 0 Å². The molecule has 0 aromatic rings. The summed E-state index contributed by atoms with van der Waals surface area (Å²) in [5.41, 5.74) is 0. The third kappa shape index (κ3) is 3.59. The van der Waals surface area contributed by atoms with Crippen LogP contribution in [0.4, 0.5) is 0 Å². The van der Waals surface area contributed by atoms with Gasteiger partial charge in [0, 0.05) is 12.1 Å². The molecule has 0 aromatic heterocycles. The molecule has 1 saturated heterocycles. The fourth-order valence-electron chi connectivity index (χ4n) is 1.65. The van der Waals surface area contributed by atoms with Crippen molar-refractivity contribution in [1.82, 2.24) is 5.32 Å². The molecule has 3 heteroatoms. The van der Waals surface area contributed by atoms with Gasteiger partial charge in [0.2, 0.25) is 0 Å². The largest absolute Gasteiger partial charge is 0.459 e. The van der Waals surface area contributed by atoms with Crippen LogP contribution in [-0.4, -0.2) is 24.7 Å². The molecule has 1 aliphatic heterocycles. The highest BCUT2D eigenvalue weighted by molar-refractivity contribution is 5.81. The van der Waals surface area contributed by atoms with Crippen molar-refractivity contribution in [3.8, 4) is 0 Å². The minimum atomic E-state index is -0.328. The van der Waals surface area contributed by atoms with Crippen molar-refractivity contribution >= 4 is 5.97 Å². The van der Waals surface area contributed by atoms with Crippen LogP contribution in [0.2, 0.25) is 0 Å². The van der Waals surface area contributed by atoms with Gasteiger partial charge in [-0.15, -0.1) is 0 Å². The number of ether oxygens (including phenoxy) is 1. The molecule has 0 radical (unpaired) electrons. The predicted molar refractivity (Wildman–Crippen MR) is 51.4 cm³/mol. The fraction of sp³-hybridized carbons (Fsp3) is 0.700. The maximum atomic E-state index is 10.8. The Balaban J connectivity index is 2.19. The molecule has 0 saturated carbocycles. The van der Waals surface area contributed by atoms with Crippen molar-refractivity contribution in [2.75, 3.05) is 6.54 Å². The van der Waals surface area contributed by atoms with Gasteiger partial charge < -0.3 is 10.1 Å². The van der Waals surface area contributed by atoms with Gasteiger partial charge in [-0.05, 0) is 32.7 Å². The lowest BCUT2D eigenvalue weighted by Gasteiger charge is -2.16. The lowest BCUT2D eigenvalue weighted by Crippen LogP contribution is -2.27. The topological polar surface area (TPSA) is 38.3 Å². The summed E-state index contributed by atoms with van der Waals surface area (Å²) in [5.74, 6) is -0.328. The zero-order valence-electron chi connectivity index (χ0n) is 8.08. The van der Waals surface area contributed by atoms with E-state index in [2.05, 4.69) is 11.9 Å². The number of carbonyl (C=O) groups is 1. The minimum Gasteiger partial charge on any atom is -0.459 e. The molecule has 1 rings (SSSR count). The highest BCUT2D eigenvalue weighted by atomic mass is 16.5. The second kappa shape index (κ2) is 5.02. The number of carbonyl (C=O) groups excluding carboxylic acids is 1. The Bertz CT molecular complexity index is 185. The van der Waals surface area contributed by atoms with Crippen LogP contribution in [-0.2, 0) is 9.53 Å². The van der Waals surface area contributed by atoms with Crippen LogP contribution < -0.4 is 5.32 Å². The van der Waals surface area contributed by atoms with Crippen LogP contribution in [0.25, 0.3) is 0 Å². The molecule has 0 aliphatic carbocycles. The first-order valence-electron chi connectivity index (χ1n) is 4.79. The average Bonchev–Trinajstić information content (AvgIpc) is 2.56. The molecule has 1 heterocycles. The van der Waals surface area contributed by atoms with Gasteiger partial charge in [0.25, 0.3) is 0 Å². The highest BCUT2D eigenvalue weighted by Crippen LogP contribution is 2.12. The molecule has 0 spiro atoms. The molecule has 2 unspecified atom stereocenters. The zero-order chi connectivity index (χ0) is 9.68. The smallest absolute Gasteiger partial charge is 0.330 e. The van der Waals surface area contributed by atoms with Crippen molar-refractivity contribution in [2.24, 2.45) is 0 Å². The summed E-state index contributed by atoms with van der Waals surface area (Å²) >= 11 is 0. The second-order valence-electron chi connectivity index (χ2n) is 3.48. The molecule has 1 fully saturated rings. The van der Waals surface area contributed by atoms with Crippen LogP contribution in [0.3, 0.4) is 0 Å². The van der Waals surface area contributed by atoms with Crippen LogP contribution >= 0.6 is 0 Å². The summed E-state index contributed by atoms with van der Waals surface area (Å²) in [5, 5.41) is 3.36. The Morgan fingerprint density at radius 3 is 3.15 bits per heavy atom. The van der Waals surface area contributed by atoms with Gasteiger partial charge in [0.15, 0.2) is 0 Å². The summed E-state index contributed by atoms with van der Waals surface area (Å²) in [4.78, 5) is 10.8. The molecule has 0 aromatic carbocycles. The Hall–Kier alpha value is -0.830. The van der Waals surface area contributed by atoms with Gasteiger partial charge in [-0.2, -0.15) is 0 Å². The first kappa shape index (κ1) is 10.3. The second-order valence-corrected chi connectivity index (χ2v) is 3.48. The van der Waals surface area contributed by atoms with E-state index in [1.807, 2.05) is 6.92 Å². The van der Waals surface area contributed by atoms with E-state index in [0.29, 0.717) is 6.04 Å². The average molecular weight is 183 g/mol. The van der Waals surface area contributed by atoms with Crippen LogP contribution in [0.5, 0.6) is 0 Å². The first-order valence-corrected chi connectivity index (χ1v) is 4.79. The van der Waals surface area contributed by atoms with Crippen molar-refractivity contribution in [2.45, 2.75) is 38.3 Å². The quantitative estimate of drug-likeness (QED) is 0.526. The third-order valence-corrected chi connectivity index (χ3v) is 2.26. The number of rotatable bonds is 4. The highest BCUT2D eigenvalue weighted by Gasteiger charge is 2.18. The van der Waals surface area contributed by atoms with Crippen LogP contribution in [0.1, 0.15) is 26.2 Å². The molecule has 1 N–H and O–H groups in total. The molecule has 74 valence electrons. The van der Waals surface area contributed by atoms with Gasteiger partial charge in [-0.25, -0.2) is 4.79 Å².